The molecule has 2 aromatic rings. The van der Waals surface area contributed by atoms with Gasteiger partial charge in [0.2, 0.25) is 0 Å². The lowest BCUT2D eigenvalue weighted by molar-refractivity contribution is -0.196. The summed E-state index contributed by atoms with van der Waals surface area (Å²) in [6.07, 6.45) is -0.350. The van der Waals surface area contributed by atoms with Crippen molar-refractivity contribution in [3.05, 3.63) is 59.7 Å². The van der Waals surface area contributed by atoms with Crippen LogP contribution in [-0.4, -0.2) is 78.4 Å². The summed E-state index contributed by atoms with van der Waals surface area (Å²) in [5, 5.41) is 62.9. The van der Waals surface area contributed by atoms with Crippen LogP contribution in [0.5, 0.6) is 23.0 Å². The molecule has 3 rings (SSSR count). The fourth-order valence-corrected chi connectivity index (χ4v) is 4.09. The molecule has 0 heterocycles. The molecule has 0 bridgehead atoms. The summed E-state index contributed by atoms with van der Waals surface area (Å²) >= 11 is 0. The average Bonchev–Trinajstić information content (AvgIpc) is 2.92. The second-order valence-electron chi connectivity index (χ2n) is 9.83. The second-order valence-corrected chi connectivity index (χ2v) is 9.83. The standard InChI is InChI=1S/C29H33NO11/c1-3-16(2)30-28(38)29(39)14-23(40-25(35)10-6-17-4-8-19(31)21(33)12-17)27(37)24(15-29)41-26(36)11-7-18-5-9-20(32)22(34)13-18/h4-13,16,23-24,27,31-34,37,39H,3,14-15H2,1-2H3,(H,30,38)/b10-6+,11-7+/t16?,23-,24-,27?,29?/m1/s1. The third kappa shape index (κ3) is 8.22. The molecule has 7 N–H and O–H groups in total. The SMILES string of the molecule is CCC(C)NC(=O)C1(O)C[C@@H](OC(=O)/C=C/c2ccc(O)c(O)c2)C(O)[C@H](OC(=O)/C=C/c2ccc(O)c(O)c2)C1. The van der Waals surface area contributed by atoms with E-state index in [0.29, 0.717) is 17.5 Å². The molecule has 0 aromatic heterocycles. The number of rotatable bonds is 9. The Morgan fingerprint density at radius 2 is 1.32 bits per heavy atom. The van der Waals surface area contributed by atoms with Gasteiger partial charge >= 0.3 is 11.9 Å². The van der Waals surface area contributed by atoms with Crippen LogP contribution >= 0.6 is 0 Å². The van der Waals surface area contributed by atoms with Crippen molar-refractivity contribution in [1.29, 1.82) is 0 Å². The third-order valence-electron chi connectivity index (χ3n) is 6.61. The first-order valence-electron chi connectivity index (χ1n) is 12.8. The van der Waals surface area contributed by atoms with Gasteiger partial charge in [0.1, 0.15) is 23.9 Å². The van der Waals surface area contributed by atoms with Crippen molar-refractivity contribution in [3.63, 3.8) is 0 Å². The summed E-state index contributed by atoms with van der Waals surface area (Å²) in [4.78, 5) is 38.1. The van der Waals surface area contributed by atoms with Gasteiger partial charge in [-0.25, -0.2) is 9.59 Å². The second kappa shape index (κ2) is 13.2. The number of ether oxygens (including phenoxy) is 2. The van der Waals surface area contributed by atoms with Crippen molar-refractivity contribution in [3.8, 4) is 23.0 Å². The molecule has 0 saturated heterocycles. The number of benzene rings is 2. The fourth-order valence-electron chi connectivity index (χ4n) is 4.09. The Morgan fingerprint density at radius 3 is 1.71 bits per heavy atom. The van der Waals surface area contributed by atoms with E-state index in [4.69, 9.17) is 9.47 Å². The number of amides is 1. The molecule has 12 heteroatoms. The first kappa shape index (κ1) is 31.0. The molecular formula is C29H33NO11. The first-order valence-corrected chi connectivity index (χ1v) is 12.8. The van der Waals surface area contributed by atoms with Crippen LogP contribution in [0.25, 0.3) is 12.2 Å². The molecule has 12 nitrogen and oxygen atoms in total. The van der Waals surface area contributed by atoms with Crippen molar-refractivity contribution < 1.29 is 54.5 Å². The number of carbonyl (C=O) groups excluding carboxylic acids is 3. The molecule has 2 aromatic carbocycles. The number of carbonyl (C=O) groups is 3. The van der Waals surface area contributed by atoms with Gasteiger partial charge in [0, 0.05) is 31.0 Å². The maximum absolute atomic E-state index is 13.0. The van der Waals surface area contributed by atoms with Crippen LogP contribution in [0, 0.1) is 0 Å². The number of hydrogen-bond acceptors (Lipinski definition) is 11. The van der Waals surface area contributed by atoms with Crippen LogP contribution in [0.2, 0.25) is 0 Å². The largest absolute Gasteiger partial charge is 0.504 e. The number of hydrogen-bond donors (Lipinski definition) is 7. The molecular weight excluding hydrogens is 538 g/mol. The van der Waals surface area contributed by atoms with Crippen LogP contribution in [0.15, 0.2) is 48.6 Å². The fraction of sp³-hybridized carbons (Fsp3) is 0.345. The van der Waals surface area contributed by atoms with Gasteiger partial charge in [-0.1, -0.05) is 19.1 Å². The highest BCUT2D eigenvalue weighted by Crippen LogP contribution is 2.34. The molecule has 41 heavy (non-hydrogen) atoms. The molecule has 0 aliphatic heterocycles. The van der Waals surface area contributed by atoms with Gasteiger partial charge in [-0.2, -0.15) is 0 Å². The Balaban J connectivity index is 1.78. The normalized spacial score (nSPS) is 23.3. The average molecular weight is 572 g/mol. The number of nitrogens with one attached hydrogen (secondary N) is 1. The predicted molar refractivity (Wildman–Crippen MR) is 145 cm³/mol. The van der Waals surface area contributed by atoms with Gasteiger partial charge in [0.25, 0.3) is 5.91 Å². The van der Waals surface area contributed by atoms with Crippen LogP contribution in [0.3, 0.4) is 0 Å². The molecule has 0 spiro atoms. The van der Waals surface area contributed by atoms with E-state index in [1.807, 2.05) is 6.92 Å². The molecule has 1 fully saturated rings. The van der Waals surface area contributed by atoms with E-state index in [1.165, 1.54) is 48.6 Å². The lowest BCUT2D eigenvalue weighted by atomic mass is 9.78. The number of phenols is 4. The number of aliphatic hydroxyl groups is 2. The summed E-state index contributed by atoms with van der Waals surface area (Å²) in [6, 6.07) is 7.40. The lowest BCUT2D eigenvalue weighted by Gasteiger charge is -2.42. The Labute approximate surface area is 235 Å². The van der Waals surface area contributed by atoms with Crippen molar-refractivity contribution in [1.82, 2.24) is 5.32 Å². The van der Waals surface area contributed by atoms with Crippen LogP contribution in [0.1, 0.15) is 44.2 Å². The van der Waals surface area contributed by atoms with Crippen molar-refractivity contribution in [2.24, 2.45) is 0 Å². The maximum atomic E-state index is 13.0. The lowest BCUT2D eigenvalue weighted by Crippen LogP contribution is -2.61. The minimum atomic E-state index is -2.16. The molecule has 220 valence electrons. The van der Waals surface area contributed by atoms with Crippen LogP contribution in [-0.2, 0) is 23.9 Å². The van der Waals surface area contributed by atoms with Gasteiger partial charge in [0.15, 0.2) is 23.0 Å². The van der Waals surface area contributed by atoms with E-state index in [2.05, 4.69) is 5.32 Å². The monoisotopic (exact) mass is 571 g/mol. The topological polar surface area (TPSA) is 203 Å². The molecule has 1 aliphatic carbocycles. The smallest absolute Gasteiger partial charge is 0.331 e. The summed E-state index contributed by atoms with van der Waals surface area (Å²) in [5.41, 5.74) is -1.45. The zero-order valence-corrected chi connectivity index (χ0v) is 22.4. The maximum Gasteiger partial charge on any atom is 0.331 e. The number of esters is 2. The Kier molecular flexibility index (Phi) is 9.98. The van der Waals surface area contributed by atoms with Crippen LogP contribution < -0.4 is 5.32 Å². The highest BCUT2D eigenvalue weighted by Gasteiger charge is 2.52. The number of aromatic hydroxyl groups is 4. The van der Waals surface area contributed by atoms with Crippen molar-refractivity contribution >= 4 is 30.0 Å². The van der Waals surface area contributed by atoms with Crippen molar-refractivity contribution in [2.75, 3.05) is 0 Å². The van der Waals surface area contributed by atoms with E-state index in [0.717, 1.165) is 12.2 Å². The summed E-state index contributed by atoms with van der Waals surface area (Å²) < 4.78 is 10.7. The molecule has 1 aliphatic rings. The summed E-state index contributed by atoms with van der Waals surface area (Å²) in [5.74, 6) is -4.19. The minimum absolute atomic E-state index is 0.297. The molecule has 3 atom stereocenters. The quantitative estimate of drug-likeness (QED) is 0.131. The molecule has 1 amide bonds. The minimum Gasteiger partial charge on any atom is -0.504 e. The van der Waals surface area contributed by atoms with Crippen molar-refractivity contribution in [2.45, 2.75) is 63.1 Å². The summed E-state index contributed by atoms with van der Waals surface area (Å²) in [6.45, 7) is 3.56. The third-order valence-corrected chi connectivity index (χ3v) is 6.61. The molecule has 1 saturated carbocycles. The highest BCUT2D eigenvalue weighted by molar-refractivity contribution is 5.89. The first-order chi connectivity index (χ1) is 19.3. The zero-order valence-electron chi connectivity index (χ0n) is 22.4. The van der Waals surface area contributed by atoms with Gasteiger partial charge in [-0.05, 0) is 60.9 Å². The van der Waals surface area contributed by atoms with E-state index in [1.54, 1.807) is 6.92 Å². The zero-order chi connectivity index (χ0) is 30.3. The molecule has 1 unspecified atom stereocenters. The van der Waals surface area contributed by atoms with Gasteiger partial charge < -0.3 is 45.4 Å². The highest BCUT2D eigenvalue weighted by atomic mass is 16.6. The van der Waals surface area contributed by atoms with Gasteiger partial charge in [-0.3, -0.25) is 4.79 Å². The Morgan fingerprint density at radius 1 is 0.878 bits per heavy atom. The van der Waals surface area contributed by atoms with E-state index >= 15 is 0 Å². The Bertz CT molecular complexity index is 1250. The van der Waals surface area contributed by atoms with E-state index in [-0.39, 0.29) is 17.5 Å². The summed E-state index contributed by atoms with van der Waals surface area (Å²) in [7, 11) is 0. The number of phenolic OH excluding ortho intramolecular Hbond substituents is 4. The van der Waals surface area contributed by atoms with E-state index < -0.39 is 66.1 Å². The van der Waals surface area contributed by atoms with Crippen LogP contribution in [0.4, 0.5) is 0 Å². The van der Waals surface area contributed by atoms with Gasteiger partial charge in [-0.15, -0.1) is 0 Å². The Hall–Kier alpha value is -4.55. The molecule has 0 radical (unpaired) electrons. The predicted octanol–water partition coefficient (Wildman–Crippen LogP) is 1.86. The van der Waals surface area contributed by atoms with Gasteiger partial charge in [0.05, 0.1) is 0 Å². The van der Waals surface area contributed by atoms with E-state index in [9.17, 15) is 45.0 Å². The number of aliphatic hydroxyl groups excluding tert-OH is 1.